The van der Waals surface area contributed by atoms with Crippen LogP contribution in [-0.4, -0.2) is 53.6 Å². The highest BCUT2D eigenvalue weighted by Crippen LogP contribution is 2.31. The van der Waals surface area contributed by atoms with E-state index in [2.05, 4.69) is 35.9 Å². The minimum Gasteiger partial charge on any atom is -0.491 e. The molecule has 170 valence electrons. The van der Waals surface area contributed by atoms with Crippen LogP contribution < -0.4 is 25.4 Å². The van der Waals surface area contributed by atoms with Gasteiger partial charge in [-0.2, -0.15) is 0 Å². The van der Waals surface area contributed by atoms with Gasteiger partial charge in [0.05, 0.1) is 36.7 Å². The van der Waals surface area contributed by atoms with E-state index in [-0.39, 0.29) is 24.6 Å². The van der Waals surface area contributed by atoms with E-state index in [4.69, 9.17) is 21.1 Å². The Hall–Kier alpha value is -2.88. The van der Waals surface area contributed by atoms with Crippen molar-refractivity contribution in [1.29, 1.82) is 0 Å². The van der Waals surface area contributed by atoms with Crippen molar-refractivity contribution in [3.63, 3.8) is 0 Å². The smallest absolute Gasteiger partial charge is 0.233 e. The Balaban J connectivity index is 0.00000289. The van der Waals surface area contributed by atoms with Gasteiger partial charge in [0, 0.05) is 24.6 Å². The van der Waals surface area contributed by atoms with Gasteiger partial charge < -0.3 is 25.4 Å². The molecule has 1 aliphatic heterocycles. The fraction of sp³-hybridized carbons (Fsp3) is 0.333. The van der Waals surface area contributed by atoms with Gasteiger partial charge in [0.1, 0.15) is 35.1 Å². The van der Waals surface area contributed by atoms with Gasteiger partial charge in [-0.05, 0) is 20.0 Å². The highest BCUT2D eigenvalue weighted by atomic mass is 35.5. The van der Waals surface area contributed by atoms with Gasteiger partial charge in [-0.1, -0.05) is 17.7 Å². The summed E-state index contributed by atoms with van der Waals surface area (Å²) >= 11 is 6.36. The van der Waals surface area contributed by atoms with Crippen LogP contribution in [0.1, 0.15) is 12.1 Å². The van der Waals surface area contributed by atoms with Gasteiger partial charge in [-0.25, -0.2) is 9.97 Å². The number of nitrogens with zero attached hydrogens (tertiary/aromatic N) is 4. The number of hydrogen-bond acceptors (Lipinski definition) is 9. The predicted molar refractivity (Wildman–Crippen MR) is 127 cm³/mol. The Kier molecular flexibility index (Phi) is 8.26. The van der Waals surface area contributed by atoms with E-state index in [0.29, 0.717) is 35.5 Å². The number of aliphatic imine (C=N–C) groups is 1. The Morgan fingerprint density at radius 3 is 2.81 bits per heavy atom. The number of aryl methyl sites for hydroxylation is 1. The van der Waals surface area contributed by atoms with E-state index in [9.17, 15) is 0 Å². The van der Waals surface area contributed by atoms with Crippen LogP contribution in [0.2, 0.25) is 5.02 Å². The van der Waals surface area contributed by atoms with Crippen LogP contribution >= 0.6 is 24.0 Å². The molecule has 0 aromatic carbocycles. The number of pyridine rings is 1. The zero-order valence-electron chi connectivity index (χ0n) is 17.7. The third kappa shape index (κ3) is 5.87. The third-order valence-corrected chi connectivity index (χ3v) is 5.02. The maximum Gasteiger partial charge on any atom is 0.233 e. The van der Waals surface area contributed by atoms with Crippen molar-refractivity contribution in [2.24, 2.45) is 4.99 Å². The van der Waals surface area contributed by atoms with Crippen LogP contribution in [0.15, 0.2) is 53.2 Å². The fourth-order valence-electron chi connectivity index (χ4n) is 3.19. The first-order valence-electron chi connectivity index (χ1n) is 9.97. The van der Waals surface area contributed by atoms with E-state index >= 15 is 0 Å². The number of anilines is 1. The van der Waals surface area contributed by atoms with E-state index in [1.54, 1.807) is 31.0 Å². The first-order chi connectivity index (χ1) is 15.1. The second kappa shape index (κ2) is 11.1. The largest absolute Gasteiger partial charge is 0.491 e. The molecule has 4 rings (SSSR count). The molecule has 2 aliphatic rings. The molecule has 3 heterocycles. The molecule has 0 amide bonds. The minimum absolute atomic E-state index is 0. The average Bonchev–Trinajstić information content (AvgIpc) is 2.78. The lowest BCUT2D eigenvalue weighted by molar-refractivity contribution is 0.232. The minimum atomic E-state index is -0.233. The molecule has 0 spiro atoms. The monoisotopic (exact) mass is 477 g/mol. The second-order valence-electron chi connectivity index (χ2n) is 7.09. The van der Waals surface area contributed by atoms with Crippen LogP contribution in [0.3, 0.4) is 0 Å². The van der Waals surface area contributed by atoms with Crippen molar-refractivity contribution < 1.29 is 9.47 Å². The summed E-state index contributed by atoms with van der Waals surface area (Å²) in [5.41, 5.74) is 1.91. The zero-order chi connectivity index (χ0) is 21.6. The van der Waals surface area contributed by atoms with Crippen LogP contribution in [0.5, 0.6) is 11.6 Å². The second-order valence-corrected chi connectivity index (χ2v) is 7.50. The number of hydrogen-bond donors (Lipinski definition) is 3. The Morgan fingerprint density at radius 1 is 1.19 bits per heavy atom. The summed E-state index contributed by atoms with van der Waals surface area (Å²) in [7, 11) is 1.87. The lowest BCUT2D eigenvalue weighted by Crippen LogP contribution is -2.34. The maximum atomic E-state index is 6.36. The molecule has 2 aromatic heterocycles. The molecule has 2 aromatic rings. The molecule has 0 saturated heterocycles. The van der Waals surface area contributed by atoms with E-state index in [0.717, 1.165) is 23.6 Å². The third-order valence-electron chi connectivity index (χ3n) is 4.75. The van der Waals surface area contributed by atoms with Crippen LogP contribution in [0, 0.1) is 6.92 Å². The molecule has 32 heavy (non-hydrogen) atoms. The molecular formula is C21H25Cl2N7O2. The molecule has 0 bridgehead atoms. The van der Waals surface area contributed by atoms with Gasteiger partial charge in [0.2, 0.25) is 5.88 Å². The average molecular weight is 478 g/mol. The van der Waals surface area contributed by atoms with E-state index in [1.165, 1.54) is 0 Å². The first-order valence-corrected chi connectivity index (χ1v) is 10.3. The number of fused-ring (bicyclic) bond motifs is 1. The van der Waals surface area contributed by atoms with E-state index in [1.807, 2.05) is 26.1 Å². The van der Waals surface area contributed by atoms with Crippen LogP contribution in [0.4, 0.5) is 5.82 Å². The van der Waals surface area contributed by atoms with Crippen LogP contribution in [-0.2, 0) is 0 Å². The van der Waals surface area contributed by atoms with Crippen molar-refractivity contribution in [3.05, 3.63) is 58.9 Å². The summed E-state index contributed by atoms with van der Waals surface area (Å²) in [6, 6.07) is 1.65. The summed E-state index contributed by atoms with van der Waals surface area (Å²) in [4.78, 5) is 17.4. The standard InChI is InChI=1S/C21H24ClN7O2.ClH/c1-13-9-25-19(11-24-13)29-20-16-7-14(3-4-18(16)27-12-28-20)31-21-17(22)8-15(10-26-21)30-6-5-23-2;/h3-4,8-12,14,18,23H,5-7H2,1-2H3,(H,25,29)(H,27,28);1H. The van der Waals surface area contributed by atoms with Crippen molar-refractivity contribution in [3.8, 4) is 11.6 Å². The van der Waals surface area contributed by atoms with Crippen molar-refractivity contribution in [2.75, 3.05) is 25.5 Å². The Bertz CT molecular complexity index is 1010. The number of likely N-dealkylation sites (N-methyl/N-ethyl adjacent to an activating group) is 1. The number of nitrogens with one attached hydrogen (secondary N) is 3. The highest BCUT2D eigenvalue weighted by molar-refractivity contribution is 6.31. The summed E-state index contributed by atoms with van der Waals surface area (Å²) in [6.07, 6.45) is 11.1. The molecule has 2 atom stereocenters. The SMILES string of the molecule is CNCCOc1cnc(OC2C=CC3N=CNC(Nc4cnc(C)cn4)=C3C2)c(Cl)c1.Cl. The Morgan fingerprint density at radius 2 is 2.06 bits per heavy atom. The van der Waals surface area contributed by atoms with E-state index < -0.39 is 0 Å². The maximum absolute atomic E-state index is 6.36. The number of halogens is 2. The molecule has 3 N–H and O–H groups in total. The molecule has 2 unspecified atom stereocenters. The number of aromatic nitrogens is 3. The molecule has 11 heteroatoms. The first kappa shape index (κ1) is 23.8. The molecule has 0 saturated carbocycles. The lowest BCUT2D eigenvalue weighted by atomic mass is 9.93. The summed E-state index contributed by atoms with van der Waals surface area (Å²) in [6.45, 7) is 3.17. The molecule has 9 nitrogen and oxygen atoms in total. The molecule has 0 fully saturated rings. The molecule has 1 aliphatic carbocycles. The summed E-state index contributed by atoms with van der Waals surface area (Å²) < 4.78 is 11.7. The Labute approximate surface area is 197 Å². The summed E-state index contributed by atoms with van der Waals surface area (Å²) in [5.74, 6) is 2.44. The molecule has 0 radical (unpaired) electrons. The van der Waals surface area contributed by atoms with Gasteiger partial charge in [0.15, 0.2) is 0 Å². The quantitative estimate of drug-likeness (QED) is 0.393. The van der Waals surface area contributed by atoms with Gasteiger partial charge in [-0.3, -0.25) is 9.98 Å². The van der Waals surface area contributed by atoms with Gasteiger partial charge >= 0.3 is 0 Å². The summed E-state index contributed by atoms with van der Waals surface area (Å²) in [5, 5.41) is 9.87. The number of ether oxygens (including phenoxy) is 2. The number of rotatable bonds is 8. The lowest BCUT2D eigenvalue weighted by Gasteiger charge is -2.29. The molecular weight excluding hydrogens is 453 g/mol. The van der Waals surface area contributed by atoms with Crippen molar-refractivity contribution in [1.82, 2.24) is 25.6 Å². The normalized spacial score (nSPS) is 19.0. The topological polar surface area (TPSA) is 106 Å². The van der Waals surface area contributed by atoms with Gasteiger partial charge in [-0.15, -0.1) is 12.4 Å². The van der Waals surface area contributed by atoms with Crippen LogP contribution in [0.25, 0.3) is 0 Å². The van der Waals surface area contributed by atoms with Gasteiger partial charge in [0.25, 0.3) is 0 Å². The highest BCUT2D eigenvalue weighted by Gasteiger charge is 2.27. The van der Waals surface area contributed by atoms with Crippen molar-refractivity contribution in [2.45, 2.75) is 25.5 Å². The predicted octanol–water partition coefficient (Wildman–Crippen LogP) is 2.88. The zero-order valence-corrected chi connectivity index (χ0v) is 19.3. The fourth-order valence-corrected chi connectivity index (χ4v) is 3.39. The van der Waals surface area contributed by atoms with Crippen molar-refractivity contribution >= 4 is 36.2 Å².